The third-order valence-corrected chi connectivity index (χ3v) is 4.25. The highest BCUT2D eigenvalue weighted by Crippen LogP contribution is 2.25. The molecule has 0 aromatic heterocycles. The van der Waals surface area contributed by atoms with Gasteiger partial charge in [-0.15, -0.1) is 0 Å². The number of rotatable bonds is 8. The molecule has 0 saturated heterocycles. The lowest BCUT2D eigenvalue weighted by molar-refractivity contribution is 0.202. The van der Waals surface area contributed by atoms with Crippen LogP contribution in [-0.2, 0) is 0 Å². The van der Waals surface area contributed by atoms with Crippen LogP contribution >= 0.6 is 11.8 Å². The molecule has 2 N–H and O–H groups in total. The van der Waals surface area contributed by atoms with Crippen molar-refractivity contribution in [2.45, 2.75) is 39.0 Å². The number of likely N-dealkylation sites (N-methyl/N-ethyl adjacent to an activating group) is 1. The molecule has 3 nitrogen and oxygen atoms in total. The first kappa shape index (κ1) is 17.3. The van der Waals surface area contributed by atoms with Crippen molar-refractivity contribution in [3.8, 4) is 5.75 Å². The molecule has 0 saturated carbocycles. The normalized spacial score (nSPS) is 14.6. The van der Waals surface area contributed by atoms with E-state index in [4.69, 9.17) is 10.5 Å². The van der Waals surface area contributed by atoms with E-state index >= 15 is 0 Å². The molecule has 0 aliphatic heterocycles. The molecule has 0 bridgehead atoms. The zero-order valence-electron chi connectivity index (χ0n) is 13.3. The molecule has 20 heavy (non-hydrogen) atoms. The summed E-state index contributed by atoms with van der Waals surface area (Å²) in [5, 5.41) is 0. The highest BCUT2D eigenvalue weighted by Gasteiger charge is 2.20. The summed E-state index contributed by atoms with van der Waals surface area (Å²) in [6, 6.07) is 9.01. The Bertz CT molecular complexity index is 398. The largest absolute Gasteiger partial charge is 0.491 e. The van der Waals surface area contributed by atoms with Crippen molar-refractivity contribution in [1.29, 1.82) is 0 Å². The quantitative estimate of drug-likeness (QED) is 0.800. The molecule has 1 aromatic rings. The summed E-state index contributed by atoms with van der Waals surface area (Å²) in [4.78, 5) is 2.35. The summed E-state index contributed by atoms with van der Waals surface area (Å²) >= 11 is 1.87. The van der Waals surface area contributed by atoms with Gasteiger partial charge < -0.3 is 10.5 Å². The highest BCUT2D eigenvalue weighted by molar-refractivity contribution is 7.98. The van der Waals surface area contributed by atoms with Gasteiger partial charge in [0.2, 0.25) is 0 Å². The fraction of sp³-hybridized carbons (Fsp3) is 0.625. The van der Waals surface area contributed by atoms with Gasteiger partial charge in [-0.3, -0.25) is 4.90 Å². The van der Waals surface area contributed by atoms with Gasteiger partial charge in [-0.2, -0.15) is 11.8 Å². The van der Waals surface area contributed by atoms with Gasteiger partial charge in [0, 0.05) is 24.4 Å². The molecule has 0 amide bonds. The van der Waals surface area contributed by atoms with Gasteiger partial charge in [0.15, 0.2) is 0 Å². The van der Waals surface area contributed by atoms with Gasteiger partial charge in [-0.1, -0.05) is 12.1 Å². The number of hydrogen-bond donors (Lipinski definition) is 1. The molecule has 0 aliphatic rings. The Morgan fingerprint density at radius 1 is 1.30 bits per heavy atom. The average molecular weight is 296 g/mol. The topological polar surface area (TPSA) is 38.5 Å². The van der Waals surface area contributed by atoms with Gasteiger partial charge in [0.25, 0.3) is 0 Å². The lowest BCUT2D eigenvalue weighted by atomic mass is 10.0. The van der Waals surface area contributed by atoms with Gasteiger partial charge in [-0.25, -0.2) is 0 Å². The van der Waals surface area contributed by atoms with Crippen molar-refractivity contribution in [1.82, 2.24) is 4.90 Å². The van der Waals surface area contributed by atoms with Crippen LogP contribution < -0.4 is 10.5 Å². The predicted molar refractivity (Wildman–Crippen MR) is 89.6 cm³/mol. The molecule has 0 fully saturated rings. The number of ether oxygens (including phenoxy) is 1. The number of nitrogens with two attached hydrogens (primary N) is 1. The van der Waals surface area contributed by atoms with Crippen molar-refractivity contribution < 1.29 is 4.74 Å². The Hall–Kier alpha value is -0.710. The van der Waals surface area contributed by atoms with E-state index in [0.717, 1.165) is 11.5 Å². The Morgan fingerprint density at radius 2 is 2.00 bits per heavy atom. The van der Waals surface area contributed by atoms with E-state index in [1.807, 2.05) is 37.7 Å². The average Bonchev–Trinajstić information content (AvgIpc) is 2.39. The molecule has 0 heterocycles. The van der Waals surface area contributed by atoms with E-state index < -0.39 is 0 Å². The zero-order chi connectivity index (χ0) is 15.1. The maximum absolute atomic E-state index is 6.00. The molecular formula is C16H28N2OS. The van der Waals surface area contributed by atoms with Crippen molar-refractivity contribution in [3.05, 3.63) is 29.8 Å². The predicted octanol–water partition coefficient (Wildman–Crippen LogP) is 3.16. The summed E-state index contributed by atoms with van der Waals surface area (Å²) in [7, 11) is 2.15. The Balaban J connectivity index is 2.88. The first-order valence-corrected chi connectivity index (χ1v) is 8.56. The minimum absolute atomic E-state index is 0.190. The zero-order valence-corrected chi connectivity index (χ0v) is 14.1. The summed E-state index contributed by atoms with van der Waals surface area (Å²) in [5.41, 5.74) is 7.22. The van der Waals surface area contributed by atoms with Crippen LogP contribution in [0.3, 0.4) is 0 Å². The monoisotopic (exact) mass is 296 g/mol. The first-order valence-electron chi connectivity index (χ1n) is 7.17. The summed E-state index contributed by atoms with van der Waals surface area (Å²) in [6.07, 6.45) is 2.33. The van der Waals surface area contributed by atoms with Crippen LogP contribution in [0.5, 0.6) is 5.75 Å². The number of thioether (sulfide) groups is 1. The lowest BCUT2D eigenvalue weighted by Gasteiger charge is -2.32. The minimum atomic E-state index is 0.190. The van der Waals surface area contributed by atoms with Crippen LogP contribution in [0.15, 0.2) is 24.3 Å². The smallest absolute Gasteiger partial charge is 0.120 e. The van der Waals surface area contributed by atoms with Crippen LogP contribution in [-0.4, -0.2) is 42.6 Å². The Morgan fingerprint density at radius 3 is 2.55 bits per heavy atom. The molecule has 114 valence electrons. The minimum Gasteiger partial charge on any atom is -0.491 e. The van der Waals surface area contributed by atoms with Crippen molar-refractivity contribution in [3.63, 3.8) is 0 Å². The van der Waals surface area contributed by atoms with E-state index in [0.29, 0.717) is 12.6 Å². The molecule has 0 aliphatic carbocycles. The van der Waals surface area contributed by atoms with E-state index in [1.54, 1.807) is 0 Å². The lowest BCUT2D eigenvalue weighted by Crippen LogP contribution is -2.38. The van der Waals surface area contributed by atoms with Gasteiger partial charge in [0.1, 0.15) is 5.75 Å². The number of benzene rings is 1. The van der Waals surface area contributed by atoms with Gasteiger partial charge >= 0.3 is 0 Å². The molecule has 0 radical (unpaired) electrons. The van der Waals surface area contributed by atoms with E-state index in [2.05, 4.69) is 37.3 Å². The maximum atomic E-state index is 6.00. The fourth-order valence-corrected chi connectivity index (χ4v) is 2.99. The maximum Gasteiger partial charge on any atom is 0.120 e. The third kappa shape index (κ3) is 5.00. The summed E-state index contributed by atoms with van der Waals surface area (Å²) in [5.74, 6) is 2.02. The molecule has 1 aromatic carbocycles. The molecule has 1 rings (SSSR count). The third-order valence-electron chi connectivity index (χ3n) is 3.43. The second kappa shape index (κ2) is 8.55. The van der Waals surface area contributed by atoms with Crippen LogP contribution in [0.2, 0.25) is 0 Å². The molecule has 0 spiro atoms. The SMILES string of the molecule is CSCC(C)N(C)C(CN)c1cccc(OC(C)C)c1. The van der Waals surface area contributed by atoms with Crippen LogP contribution in [0, 0.1) is 0 Å². The van der Waals surface area contributed by atoms with Gasteiger partial charge in [-0.05, 0) is 51.8 Å². The van der Waals surface area contributed by atoms with E-state index in [9.17, 15) is 0 Å². The number of nitrogens with zero attached hydrogens (tertiary/aromatic N) is 1. The molecule has 2 unspecified atom stereocenters. The number of hydrogen-bond acceptors (Lipinski definition) is 4. The Labute approximate surface area is 127 Å². The van der Waals surface area contributed by atoms with Crippen molar-refractivity contribution in [2.75, 3.05) is 25.6 Å². The second-order valence-electron chi connectivity index (χ2n) is 5.46. The molecular weight excluding hydrogens is 268 g/mol. The van der Waals surface area contributed by atoms with Crippen molar-refractivity contribution in [2.24, 2.45) is 5.73 Å². The fourth-order valence-electron chi connectivity index (χ4n) is 2.27. The second-order valence-corrected chi connectivity index (χ2v) is 6.37. The first-order chi connectivity index (χ1) is 9.49. The summed E-state index contributed by atoms with van der Waals surface area (Å²) in [6.45, 7) is 6.94. The van der Waals surface area contributed by atoms with E-state index in [-0.39, 0.29) is 12.1 Å². The Kier molecular flexibility index (Phi) is 7.41. The highest BCUT2D eigenvalue weighted by atomic mass is 32.2. The van der Waals surface area contributed by atoms with E-state index in [1.165, 1.54) is 5.56 Å². The van der Waals surface area contributed by atoms with Crippen LogP contribution in [0.1, 0.15) is 32.4 Å². The van der Waals surface area contributed by atoms with Crippen LogP contribution in [0.4, 0.5) is 0 Å². The van der Waals surface area contributed by atoms with Crippen molar-refractivity contribution >= 4 is 11.8 Å². The van der Waals surface area contributed by atoms with Crippen LogP contribution in [0.25, 0.3) is 0 Å². The standard InChI is InChI=1S/C16H28N2OS/c1-12(2)19-15-8-6-7-14(9-15)16(10-17)18(4)13(3)11-20-5/h6-9,12-13,16H,10-11,17H2,1-5H3. The summed E-state index contributed by atoms with van der Waals surface area (Å²) < 4.78 is 5.77. The van der Waals surface area contributed by atoms with Gasteiger partial charge in [0.05, 0.1) is 6.10 Å². The molecule has 4 heteroatoms. The molecule has 2 atom stereocenters.